The lowest BCUT2D eigenvalue weighted by Crippen LogP contribution is -2.64. The molecule has 6 unspecified atom stereocenters. The summed E-state index contributed by atoms with van der Waals surface area (Å²) in [5.41, 5.74) is 0. The third-order valence-electron chi connectivity index (χ3n) is 11.5. The van der Waals surface area contributed by atoms with Crippen LogP contribution in [0.3, 0.4) is 0 Å². The highest BCUT2D eigenvalue weighted by Crippen LogP contribution is 2.47. The number of esters is 1. The van der Waals surface area contributed by atoms with Gasteiger partial charge in [0.2, 0.25) is 0 Å². The van der Waals surface area contributed by atoms with E-state index in [1.807, 2.05) is 0 Å². The number of carbonyl (C=O) groups is 1. The molecule has 0 radical (unpaired) electrons. The largest absolute Gasteiger partial charge is 0.472 e. The van der Waals surface area contributed by atoms with E-state index >= 15 is 0 Å². The van der Waals surface area contributed by atoms with Crippen LogP contribution in [0.4, 0.5) is 0 Å². The van der Waals surface area contributed by atoms with Crippen molar-refractivity contribution < 1.29 is 58.3 Å². The van der Waals surface area contributed by atoms with Crippen molar-refractivity contribution in [3.05, 3.63) is 0 Å². The van der Waals surface area contributed by atoms with E-state index in [2.05, 4.69) is 13.8 Å². The Bertz CT molecular complexity index is 973. The molecule has 6 N–H and O–H groups in total. The summed E-state index contributed by atoms with van der Waals surface area (Å²) < 4.78 is 34.1. The molecule has 0 aromatic rings. The number of unbranched alkanes of at least 4 members (excludes halogenated alkanes) is 29. The van der Waals surface area contributed by atoms with Gasteiger partial charge in [0, 0.05) is 13.0 Å². The molecule has 0 heterocycles. The highest BCUT2D eigenvalue weighted by atomic mass is 31.2. The van der Waals surface area contributed by atoms with Gasteiger partial charge in [0.25, 0.3) is 0 Å². The summed E-state index contributed by atoms with van der Waals surface area (Å²) in [7, 11) is -5.00. The standard InChI is InChI=1S/C45H89O12P/c1-3-5-7-9-11-13-14-15-16-17-18-19-20-21-22-23-24-25-27-29-31-33-35-54-36-38(56-39(46)34-32-30-28-26-12-10-8-6-4-2)37-55-58(52,53)57-45-43(50)41(48)40(47)42(49)44(45)51/h38,40-45,47-51H,3-37H2,1-2H3,(H,52,53). The highest BCUT2D eigenvalue weighted by Gasteiger charge is 2.51. The van der Waals surface area contributed by atoms with Gasteiger partial charge >= 0.3 is 13.8 Å². The molecular weight excluding hydrogens is 763 g/mol. The van der Waals surface area contributed by atoms with Gasteiger partial charge in [0.15, 0.2) is 0 Å². The number of rotatable bonds is 41. The summed E-state index contributed by atoms with van der Waals surface area (Å²) in [6.07, 6.45) is 26.3. The molecule has 0 amide bonds. The minimum Gasteiger partial charge on any atom is -0.457 e. The van der Waals surface area contributed by atoms with Crippen LogP contribution in [0.2, 0.25) is 0 Å². The summed E-state index contributed by atoms with van der Waals surface area (Å²) in [5, 5.41) is 50.1. The van der Waals surface area contributed by atoms with Gasteiger partial charge in [0.1, 0.15) is 42.7 Å². The van der Waals surface area contributed by atoms with Crippen molar-refractivity contribution in [1.29, 1.82) is 0 Å². The summed E-state index contributed by atoms with van der Waals surface area (Å²) in [4.78, 5) is 23.0. The summed E-state index contributed by atoms with van der Waals surface area (Å²) in [6, 6.07) is 0. The Morgan fingerprint density at radius 1 is 0.483 bits per heavy atom. The van der Waals surface area contributed by atoms with Crippen molar-refractivity contribution in [3.63, 3.8) is 0 Å². The quantitative estimate of drug-likeness (QED) is 0.0194. The predicted octanol–water partition coefficient (Wildman–Crippen LogP) is 9.76. The normalized spacial score (nSPS) is 22.6. The Hall–Kier alpha value is -0.660. The van der Waals surface area contributed by atoms with Crippen LogP contribution < -0.4 is 0 Å². The molecular formula is C45H89O12P. The lowest BCUT2D eigenvalue weighted by molar-refractivity contribution is -0.220. The predicted molar refractivity (Wildman–Crippen MR) is 230 cm³/mol. The van der Waals surface area contributed by atoms with E-state index in [4.69, 9.17) is 18.5 Å². The average Bonchev–Trinajstić information content (AvgIpc) is 3.21. The molecule has 0 saturated heterocycles. The van der Waals surface area contributed by atoms with Gasteiger partial charge in [0.05, 0.1) is 13.2 Å². The van der Waals surface area contributed by atoms with Gasteiger partial charge < -0.3 is 39.9 Å². The SMILES string of the molecule is CCCCCCCCCCCCCCCCCCCCCCCCOCC(COP(=O)(O)OC1C(O)C(O)C(O)C(O)C1O)OC(=O)CCCCCCCCCCC. The first-order valence-corrected chi connectivity index (χ1v) is 25.4. The van der Waals surface area contributed by atoms with E-state index < -0.39 is 63.1 Å². The third-order valence-corrected chi connectivity index (χ3v) is 12.5. The van der Waals surface area contributed by atoms with Gasteiger partial charge in [-0.2, -0.15) is 0 Å². The number of carbonyl (C=O) groups excluding carboxylic acids is 1. The maximum absolute atomic E-state index is 12.8. The van der Waals surface area contributed by atoms with E-state index in [0.29, 0.717) is 13.0 Å². The molecule has 1 aliphatic carbocycles. The summed E-state index contributed by atoms with van der Waals surface area (Å²) >= 11 is 0. The summed E-state index contributed by atoms with van der Waals surface area (Å²) in [6.45, 7) is 4.26. The molecule has 1 rings (SSSR count). The Kier molecular flexibility index (Phi) is 35.3. The Morgan fingerprint density at radius 2 is 0.810 bits per heavy atom. The van der Waals surface area contributed by atoms with Gasteiger partial charge in [-0.05, 0) is 12.8 Å². The molecule has 0 aromatic heterocycles. The van der Waals surface area contributed by atoms with E-state index in [0.717, 1.165) is 38.5 Å². The third kappa shape index (κ3) is 28.8. The van der Waals surface area contributed by atoms with E-state index in [1.165, 1.54) is 154 Å². The van der Waals surface area contributed by atoms with E-state index in [-0.39, 0.29) is 13.0 Å². The van der Waals surface area contributed by atoms with Crippen molar-refractivity contribution >= 4 is 13.8 Å². The molecule has 0 aromatic carbocycles. The van der Waals surface area contributed by atoms with Crippen LogP contribution in [0, 0.1) is 0 Å². The second-order valence-corrected chi connectivity index (χ2v) is 18.4. The monoisotopic (exact) mass is 853 g/mol. The van der Waals surface area contributed by atoms with Crippen LogP contribution >= 0.6 is 7.82 Å². The minimum atomic E-state index is -5.00. The molecule has 6 atom stereocenters. The van der Waals surface area contributed by atoms with Crippen LogP contribution in [-0.2, 0) is 27.9 Å². The number of phosphoric ester groups is 1. The van der Waals surface area contributed by atoms with Crippen molar-refractivity contribution in [1.82, 2.24) is 0 Å². The molecule has 1 saturated carbocycles. The molecule has 1 aliphatic rings. The molecule has 0 bridgehead atoms. The fraction of sp³-hybridized carbons (Fsp3) is 0.978. The first-order valence-electron chi connectivity index (χ1n) is 23.9. The zero-order valence-corrected chi connectivity index (χ0v) is 37.8. The maximum Gasteiger partial charge on any atom is 0.472 e. The lowest BCUT2D eigenvalue weighted by atomic mass is 9.85. The van der Waals surface area contributed by atoms with Crippen molar-refractivity contribution in [3.8, 4) is 0 Å². The smallest absolute Gasteiger partial charge is 0.457 e. The molecule has 0 spiro atoms. The van der Waals surface area contributed by atoms with Gasteiger partial charge in [-0.15, -0.1) is 0 Å². The van der Waals surface area contributed by atoms with Gasteiger partial charge in [-0.1, -0.05) is 200 Å². The molecule has 0 aliphatic heterocycles. The Labute approximate surface area is 353 Å². The Balaban J connectivity index is 2.27. The Morgan fingerprint density at radius 3 is 1.19 bits per heavy atom. The van der Waals surface area contributed by atoms with E-state index in [9.17, 15) is 39.8 Å². The van der Waals surface area contributed by atoms with Crippen LogP contribution in [0.15, 0.2) is 0 Å². The maximum atomic E-state index is 12.8. The zero-order chi connectivity index (χ0) is 42.7. The zero-order valence-electron chi connectivity index (χ0n) is 36.9. The van der Waals surface area contributed by atoms with Crippen molar-refractivity contribution in [2.24, 2.45) is 0 Å². The van der Waals surface area contributed by atoms with Crippen molar-refractivity contribution in [2.45, 2.75) is 262 Å². The first kappa shape index (κ1) is 55.4. The number of aliphatic hydroxyl groups is 5. The highest BCUT2D eigenvalue weighted by molar-refractivity contribution is 7.47. The van der Waals surface area contributed by atoms with Gasteiger partial charge in [-0.25, -0.2) is 4.57 Å². The summed E-state index contributed by atoms with van der Waals surface area (Å²) in [5.74, 6) is -0.475. The first-order chi connectivity index (χ1) is 28.0. The van der Waals surface area contributed by atoms with Crippen molar-refractivity contribution in [2.75, 3.05) is 19.8 Å². The van der Waals surface area contributed by atoms with Gasteiger partial charge in [-0.3, -0.25) is 13.8 Å². The van der Waals surface area contributed by atoms with Crippen LogP contribution in [0.25, 0.3) is 0 Å². The van der Waals surface area contributed by atoms with Crippen LogP contribution in [0.1, 0.15) is 219 Å². The fourth-order valence-corrected chi connectivity index (χ4v) is 8.62. The second-order valence-electron chi connectivity index (χ2n) is 17.0. The minimum absolute atomic E-state index is 0.0684. The molecule has 58 heavy (non-hydrogen) atoms. The number of ether oxygens (including phenoxy) is 2. The topological polar surface area (TPSA) is 192 Å². The fourth-order valence-electron chi connectivity index (χ4n) is 7.65. The number of phosphoric acid groups is 1. The molecule has 1 fully saturated rings. The van der Waals surface area contributed by atoms with Crippen LogP contribution in [-0.4, -0.2) is 98.9 Å². The van der Waals surface area contributed by atoms with E-state index in [1.54, 1.807) is 0 Å². The second kappa shape index (κ2) is 36.9. The van der Waals surface area contributed by atoms with Crippen LogP contribution in [0.5, 0.6) is 0 Å². The number of aliphatic hydroxyl groups excluding tert-OH is 5. The molecule has 13 heteroatoms. The molecule has 12 nitrogen and oxygen atoms in total. The average molecular weight is 853 g/mol. The lowest BCUT2D eigenvalue weighted by Gasteiger charge is -2.41. The number of hydrogen-bond acceptors (Lipinski definition) is 11. The molecule has 346 valence electrons. The number of hydrogen-bond donors (Lipinski definition) is 6.